The first-order valence-corrected chi connectivity index (χ1v) is 6.94. The lowest BCUT2D eigenvalue weighted by molar-refractivity contribution is 0.0954. The van der Waals surface area contributed by atoms with Crippen LogP contribution in [0.15, 0.2) is 53.6 Å². The molecule has 0 atom stereocenters. The highest BCUT2D eigenvalue weighted by Gasteiger charge is 2.14. The average Bonchev–Trinajstić information content (AvgIpc) is 2.53. The van der Waals surface area contributed by atoms with Crippen LogP contribution in [0.5, 0.6) is 5.75 Å². The minimum Gasteiger partial charge on any atom is -0.508 e. The molecule has 0 bridgehead atoms. The number of aryl methyl sites for hydroxylation is 1. The highest BCUT2D eigenvalue weighted by atomic mass is 16.3. The Hall–Kier alpha value is -2.62. The minimum absolute atomic E-state index is 0.141. The summed E-state index contributed by atoms with van der Waals surface area (Å²) in [6.07, 6.45) is 2.61. The molecule has 0 radical (unpaired) electrons. The molecule has 106 valence electrons. The molecule has 21 heavy (non-hydrogen) atoms. The Morgan fingerprint density at radius 1 is 1.00 bits per heavy atom. The van der Waals surface area contributed by atoms with Crippen molar-refractivity contribution in [1.82, 2.24) is 5.43 Å². The van der Waals surface area contributed by atoms with E-state index in [4.69, 9.17) is 0 Å². The third-order valence-corrected chi connectivity index (χ3v) is 3.64. The molecule has 3 rings (SSSR count). The predicted octanol–water partition coefficient (Wildman–Crippen LogP) is 2.67. The van der Waals surface area contributed by atoms with Gasteiger partial charge in [-0.25, -0.2) is 5.43 Å². The van der Waals surface area contributed by atoms with Gasteiger partial charge in [-0.05, 0) is 48.2 Å². The summed E-state index contributed by atoms with van der Waals surface area (Å²) in [7, 11) is 0. The summed E-state index contributed by atoms with van der Waals surface area (Å²) in [6.45, 7) is 0. The fourth-order valence-corrected chi connectivity index (χ4v) is 2.46. The molecule has 0 aromatic heterocycles. The summed E-state index contributed by atoms with van der Waals surface area (Å²) in [6, 6.07) is 14.4. The van der Waals surface area contributed by atoms with Gasteiger partial charge in [0, 0.05) is 17.7 Å². The van der Waals surface area contributed by atoms with E-state index in [1.807, 2.05) is 12.1 Å². The number of hydrogen-bond donors (Lipinski definition) is 2. The highest BCUT2D eigenvalue weighted by Crippen LogP contribution is 2.19. The van der Waals surface area contributed by atoms with E-state index >= 15 is 0 Å². The monoisotopic (exact) mass is 280 g/mol. The number of hydrogen-bond acceptors (Lipinski definition) is 3. The smallest absolute Gasteiger partial charge is 0.271 e. The maximum Gasteiger partial charge on any atom is 0.271 e. The molecule has 1 aliphatic rings. The van der Waals surface area contributed by atoms with Crippen molar-refractivity contribution >= 4 is 11.6 Å². The van der Waals surface area contributed by atoms with E-state index in [1.165, 1.54) is 23.3 Å². The Morgan fingerprint density at radius 3 is 2.48 bits per heavy atom. The third kappa shape index (κ3) is 3.11. The van der Waals surface area contributed by atoms with E-state index in [2.05, 4.69) is 22.7 Å². The Balaban J connectivity index is 1.67. The summed E-state index contributed by atoms with van der Waals surface area (Å²) in [5.74, 6) is -0.122. The second-order valence-corrected chi connectivity index (χ2v) is 5.11. The molecule has 2 aromatic rings. The van der Waals surface area contributed by atoms with Gasteiger partial charge < -0.3 is 5.11 Å². The molecule has 1 amide bonds. The van der Waals surface area contributed by atoms with Crippen molar-refractivity contribution in [3.05, 3.63) is 65.2 Å². The predicted molar refractivity (Wildman–Crippen MR) is 81.5 cm³/mol. The number of benzene rings is 2. The number of aromatic hydroxyl groups is 1. The van der Waals surface area contributed by atoms with Crippen LogP contribution in [0.2, 0.25) is 0 Å². The van der Waals surface area contributed by atoms with Gasteiger partial charge in [0.15, 0.2) is 0 Å². The van der Waals surface area contributed by atoms with Gasteiger partial charge in [-0.3, -0.25) is 4.79 Å². The number of nitrogens with one attached hydrogen (secondary N) is 1. The van der Waals surface area contributed by atoms with Crippen molar-refractivity contribution in [3.63, 3.8) is 0 Å². The summed E-state index contributed by atoms with van der Waals surface area (Å²) >= 11 is 0. The van der Waals surface area contributed by atoms with E-state index < -0.39 is 0 Å². The number of rotatable bonds is 2. The van der Waals surface area contributed by atoms with Crippen LogP contribution in [0, 0.1) is 0 Å². The van der Waals surface area contributed by atoms with Crippen LogP contribution in [0.3, 0.4) is 0 Å². The minimum atomic E-state index is -0.263. The molecular weight excluding hydrogens is 264 g/mol. The lowest BCUT2D eigenvalue weighted by Gasteiger charge is -2.17. The molecule has 2 aromatic carbocycles. The first kappa shape index (κ1) is 13.4. The standard InChI is InChI=1S/C17H16N2O2/c20-16-9-6-13(7-10-16)17(21)19-18-15-8-5-12-3-1-2-4-14(12)11-15/h1-4,6-7,9-10,20H,5,8,11H2,(H,19,21)/b18-15-. The van der Waals surface area contributed by atoms with E-state index in [0.29, 0.717) is 5.56 Å². The van der Waals surface area contributed by atoms with E-state index in [-0.39, 0.29) is 11.7 Å². The Morgan fingerprint density at radius 2 is 1.71 bits per heavy atom. The lowest BCUT2D eigenvalue weighted by atomic mass is 9.90. The number of fused-ring (bicyclic) bond motifs is 1. The maximum absolute atomic E-state index is 11.9. The summed E-state index contributed by atoms with van der Waals surface area (Å²) < 4.78 is 0. The number of carbonyl (C=O) groups excluding carboxylic acids is 1. The first-order valence-electron chi connectivity index (χ1n) is 6.94. The number of carbonyl (C=O) groups is 1. The zero-order valence-corrected chi connectivity index (χ0v) is 11.5. The fraction of sp³-hybridized carbons (Fsp3) is 0.176. The van der Waals surface area contributed by atoms with Crippen LogP contribution >= 0.6 is 0 Å². The summed E-state index contributed by atoms with van der Waals surface area (Å²) in [5, 5.41) is 13.4. The molecule has 2 N–H and O–H groups in total. The van der Waals surface area contributed by atoms with E-state index in [9.17, 15) is 9.90 Å². The van der Waals surface area contributed by atoms with Gasteiger partial charge in [0.1, 0.15) is 5.75 Å². The Labute approximate surface area is 123 Å². The Bertz CT molecular complexity index is 690. The zero-order valence-electron chi connectivity index (χ0n) is 11.5. The number of nitrogens with zero attached hydrogens (tertiary/aromatic N) is 1. The molecule has 0 fully saturated rings. The largest absolute Gasteiger partial charge is 0.508 e. The van der Waals surface area contributed by atoms with Crippen LogP contribution in [-0.2, 0) is 12.8 Å². The van der Waals surface area contributed by atoms with Gasteiger partial charge in [-0.15, -0.1) is 0 Å². The number of phenols is 1. The topological polar surface area (TPSA) is 61.7 Å². The molecule has 0 spiro atoms. The molecule has 0 unspecified atom stereocenters. The molecule has 1 aliphatic carbocycles. The van der Waals surface area contributed by atoms with Crippen molar-refractivity contribution in [1.29, 1.82) is 0 Å². The van der Waals surface area contributed by atoms with Crippen molar-refractivity contribution in [2.75, 3.05) is 0 Å². The van der Waals surface area contributed by atoms with E-state index in [1.54, 1.807) is 12.1 Å². The van der Waals surface area contributed by atoms with Crippen molar-refractivity contribution in [2.45, 2.75) is 19.3 Å². The van der Waals surface area contributed by atoms with Gasteiger partial charge in [0.2, 0.25) is 0 Å². The lowest BCUT2D eigenvalue weighted by Crippen LogP contribution is -2.22. The molecule has 0 saturated carbocycles. The van der Waals surface area contributed by atoms with Gasteiger partial charge in [-0.1, -0.05) is 24.3 Å². The second-order valence-electron chi connectivity index (χ2n) is 5.11. The van der Waals surface area contributed by atoms with Crippen LogP contribution in [0.4, 0.5) is 0 Å². The summed E-state index contributed by atoms with van der Waals surface area (Å²) in [5.41, 5.74) is 6.69. The van der Waals surface area contributed by atoms with Gasteiger partial charge in [-0.2, -0.15) is 5.10 Å². The number of phenolic OH excluding ortho intramolecular Hbond substituents is 1. The molecule has 0 heterocycles. The van der Waals surface area contributed by atoms with Gasteiger partial charge in [0.25, 0.3) is 5.91 Å². The molecular formula is C17H16N2O2. The third-order valence-electron chi connectivity index (χ3n) is 3.64. The summed E-state index contributed by atoms with van der Waals surface area (Å²) in [4.78, 5) is 11.9. The van der Waals surface area contributed by atoms with Gasteiger partial charge in [0.05, 0.1) is 0 Å². The quantitative estimate of drug-likeness (QED) is 0.831. The molecule has 4 nitrogen and oxygen atoms in total. The maximum atomic E-state index is 11.9. The van der Waals surface area contributed by atoms with Crippen molar-refractivity contribution in [2.24, 2.45) is 5.10 Å². The fourth-order valence-electron chi connectivity index (χ4n) is 2.46. The average molecular weight is 280 g/mol. The number of hydrazone groups is 1. The Kier molecular flexibility index (Phi) is 3.69. The normalized spacial score (nSPS) is 15.5. The molecule has 0 aliphatic heterocycles. The van der Waals surface area contributed by atoms with Crippen LogP contribution < -0.4 is 5.43 Å². The van der Waals surface area contributed by atoms with Gasteiger partial charge >= 0.3 is 0 Å². The van der Waals surface area contributed by atoms with Crippen molar-refractivity contribution in [3.8, 4) is 5.75 Å². The SMILES string of the molecule is O=C(N/N=C1/CCc2ccccc2C1)c1ccc(O)cc1. The number of amides is 1. The highest BCUT2D eigenvalue weighted by molar-refractivity contribution is 5.96. The molecule has 4 heteroatoms. The first-order chi connectivity index (χ1) is 10.2. The van der Waals surface area contributed by atoms with E-state index in [0.717, 1.165) is 25.0 Å². The van der Waals surface area contributed by atoms with Crippen molar-refractivity contribution < 1.29 is 9.90 Å². The second kappa shape index (κ2) is 5.79. The van der Waals surface area contributed by atoms with Crippen LogP contribution in [0.25, 0.3) is 0 Å². The zero-order chi connectivity index (χ0) is 14.7. The van der Waals surface area contributed by atoms with Crippen LogP contribution in [-0.4, -0.2) is 16.7 Å². The van der Waals surface area contributed by atoms with Crippen LogP contribution in [0.1, 0.15) is 27.9 Å². The molecule has 0 saturated heterocycles.